The monoisotopic (exact) mass is 630 g/mol. The smallest absolute Gasteiger partial charge is 0.266 e. The van der Waals surface area contributed by atoms with Gasteiger partial charge in [0.2, 0.25) is 0 Å². The van der Waals surface area contributed by atoms with E-state index >= 15 is 0 Å². The zero-order valence-electron chi connectivity index (χ0n) is 23.4. The Hall–Kier alpha value is -3.84. The van der Waals surface area contributed by atoms with Crippen molar-refractivity contribution in [1.82, 2.24) is 19.6 Å². The third-order valence-corrected chi connectivity index (χ3v) is 11.4. The van der Waals surface area contributed by atoms with Crippen LogP contribution in [0.3, 0.4) is 0 Å². The summed E-state index contributed by atoms with van der Waals surface area (Å²) in [6, 6.07) is 8.00. The van der Waals surface area contributed by atoms with Crippen molar-refractivity contribution < 1.29 is 19.2 Å². The first kappa shape index (κ1) is 27.0. The van der Waals surface area contributed by atoms with Crippen LogP contribution in [0.1, 0.15) is 32.0 Å². The first-order chi connectivity index (χ1) is 19.8. The molecule has 0 atom stereocenters. The summed E-state index contributed by atoms with van der Waals surface area (Å²) < 4.78 is 0. The molecule has 4 aliphatic rings. The normalized spacial score (nSPS) is 18.1. The number of rotatable bonds is 0. The van der Waals surface area contributed by atoms with Crippen LogP contribution in [-0.2, 0) is 19.2 Å². The van der Waals surface area contributed by atoms with Crippen molar-refractivity contribution in [1.29, 1.82) is 0 Å². The lowest BCUT2D eigenvalue weighted by Crippen LogP contribution is -2.53. The Bertz CT molecular complexity index is 1800. The fourth-order valence-corrected chi connectivity index (χ4v) is 8.53. The summed E-state index contributed by atoms with van der Waals surface area (Å²) >= 11 is 13.8. The van der Waals surface area contributed by atoms with Gasteiger partial charge in [-0.1, -0.05) is 0 Å². The average molecular weight is 631 g/mol. The number of thiophene rings is 2. The van der Waals surface area contributed by atoms with Crippen molar-refractivity contribution in [3.8, 4) is 20.9 Å². The molecule has 2 aliphatic heterocycles. The van der Waals surface area contributed by atoms with Gasteiger partial charge in [0.15, 0.2) is 10.2 Å². The molecule has 210 valence electrons. The third-order valence-electron chi connectivity index (χ3n) is 8.16. The Kier molecular flexibility index (Phi) is 5.68. The summed E-state index contributed by atoms with van der Waals surface area (Å²) in [6.07, 6.45) is 0. The Morgan fingerprint density at radius 2 is 0.786 bits per heavy atom. The molecule has 2 fully saturated rings. The molecular formula is C30H22N4O4S4. The van der Waals surface area contributed by atoms with Crippen LogP contribution >= 0.6 is 47.1 Å². The van der Waals surface area contributed by atoms with E-state index in [9.17, 15) is 19.2 Å². The topological polar surface area (TPSA) is 81.2 Å². The van der Waals surface area contributed by atoms with E-state index in [1.165, 1.54) is 19.6 Å². The molecule has 7 rings (SSSR count). The Morgan fingerprint density at radius 3 is 1.10 bits per heavy atom. The van der Waals surface area contributed by atoms with Crippen LogP contribution in [0, 0.1) is 13.8 Å². The second-order valence-electron chi connectivity index (χ2n) is 10.7. The molecule has 0 bridgehead atoms. The van der Waals surface area contributed by atoms with E-state index in [1.54, 1.807) is 50.9 Å². The first-order valence-corrected chi connectivity index (χ1v) is 15.4. The van der Waals surface area contributed by atoms with Crippen LogP contribution < -0.4 is 0 Å². The van der Waals surface area contributed by atoms with Gasteiger partial charge in [0.25, 0.3) is 23.6 Å². The number of benzene rings is 1. The van der Waals surface area contributed by atoms with Crippen molar-refractivity contribution in [2.24, 2.45) is 0 Å². The van der Waals surface area contributed by atoms with Crippen LogP contribution in [0.15, 0.2) is 35.4 Å². The fraction of sp³-hybridized carbons (Fsp3) is 0.200. The van der Waals surface area contributed by atoms with Gasteiger partial charge < -0.3 is 0 Å². The number of carbonyl (C=O) groups is 4. The minimum Gasteiger partial charge on any atom is -0.288 e. The highest BCUT2D eigenvalue weighted by Crippen LogP contribution is 2.57. The van der Waals surface area contributed by atoms with E-state index in [-0.39, 0.29) is 21.4 Å². The number of likely N-dealkylation sites (N-methyl/N-ethyl adjacent to an activating group) is 4. The summed E-state index contributed by atoms with van der Waals surface area (Å²) in [6.45, 7) is 3.97. The zero-order valence-corrected chi connectivity index (χ0v) is 26.6. The summed E-state index contributed by atoms with van der Waals surface area (Å²) in [5.41, 5.74) is 6.15. The Morgan fingerprint density at radius 1 is 0.476 bits per heavy atom. The van der Waals surface area contributed by atoms with Crippen LogP contribution in [-0.4, -0.2) is 81.6 Å². The van der Waals surface area contributed by atoms with Gasteiger partial charge in [-0.25, -0.2) is 0 Å². The molecule has 0 unspecified atom stereocenters. The molecule has 42 heavy (non-hydrogen) atoms. The molecule has 0 spiro atoms. The molecule has 8 nitrogen and oxygen atoms in total. The van der Waals surface area contributed by atoms with Gasteiger partial charge >= 0.3 is 0 Å². The SMILES string of the molecule is Cc1cc2c(s1)-c1cc3c(cc1C2=C1C(=O)N(C)C(=S)N(C)C1=O)-c1sc(C)cc1C3=C1C(=O)N(C)C(=S)N(C)C1=O. The molecule has 12 heteroatoms. The quantitative estimate of drug-likeness (QED) is 0.143. The molecule has 4 amide bonds. The molecule has 0 saturated carbocycles. The van der Waals surface area contributed by atoms with Crippen molar-refractivity contribution in [3.63, 3.8) is 0 Å². The maximum atomic E-state index is 13.6. The van der Waals surface area contributed by atoms with Gasteiger partial charge in [-0.3, -0.25) is 38.8 Å². The highest BCUT2D eigenvalue weighted by Gasteiger charge is 2.44. The Labute approximate surface area is 260 Å². The number of nitrogens with zero attached hydrogens (tertiary/aromatic N) is 4. The summed E-state index contributed by atoms with van der Waals surface area (Å²) in [4.78, 5) is 63.6. The highest BCUT2D eigenvalue weighted by atomic mass is 32.1. The number of amides is 4. The summed E-state index contributed by atoms with van der Waals surface area (Å²) in [5.74, 6) is -1.79. The molecule has 1 aromatic carbocycles. The van der Waals surface area contributed by atoms with E-state index in [0.29, 0.717) is 11.1 Å². The number of carbonyl (C=O) groups excluding carboxylic acids is 4. The van der Waals surface area contributed by atoms with E-state index in [1.807, 2.05) is 38.1 Å². The molecule has 2 aromatic heterocycles. The molecule has 0 N–H and O–H groups in total. The number of aryl methyl sites for hydroxylation is 2. The second-order valence-corrected chi connectivity index (χ2v) is 13.9. The predicted molar refractivity (Wildman–Crippen MR) is 171 cm³/mol. The van der Waals surface area contributed by atoms with E-state index in [0.717, 1.165) is 52.9 Å². The number of hydrogen-bond donors (Lipinski definition) is 0. The van der Waals surface area contributed by atoms with E-state index in [4.69, 9.17) is 24.4 Å². The molecule has 2 saturated heterocycles. The number of thiocarbonyl (C=S) groups is 2. The minimum absolute atomic E-state index is 0.0694. The van der Waals surface area contributed by atoms with Crippen molar-refractivity contribution in [2.45, 2.75) is 13.8 Å². The molecular weight excluding hydrogens is 609 g/mol. The summed E-state index contributed by atoms with van der Waals surface area (Å²) in [5, 5.41) is 0.295. The first-order valence-electron chi connectivity index (χ1n) is 12.9. The van der Waals surface area contributed by atoms with Gasteiger partial charge in [-0.15, -0.1) is 22.7 Å². The van der Waals surface area contributed by atoms with Gasteiger partial charge in [-0.05, 0) is 73.7 Å². The Balaban J connectivity index is 1.56. The second kappa shape index (κ2) is 8.83. The number of hydrogen-bond acceptors (Lipinski definition) is 8. The van der Waals surface area contributed by atoms with Gasteiger partial charge in [0, 0.05) is 81.1 Å². The number of fused-ring (bicyclic) bond motifs is 6. The maximum Gasteiger partial charge on any atom is 0.266 e. The standard InChI is InChI=1S/C30H22N4O4S4/c1-11-7-17-19(21-25(35)31(3)29(39)32(4)26(21)36)13-10-16-14(9-15(13)23(17)41-11)20(18-8-12(2)42-24(16)18)22-27(37)33(5)30(40)34(6)28(22)38/h7-10H,1-6H3. The lowest BCUT2D eigenvalue weighted by molar-refractivity contribution is -0.134. The van der Waals surface area contributed by atoms with Crippen molar-refractivity contribution >= 4 is 92.1 Å². The third kappa shape index (κ3) is 3.31. The van der Waals surface area contributed by atoms with E-state index in [2.05, 4.69) is 0 Å². The van der Waals surface area contributed by atoms with Crippen molar-refractivity contribution in [2.75, 3.05) is 28.2 Å². The average Bonchev–Trinajstić information content (AvgIpc) is 3.67. The van der Waals surface area contributed by atoms with Crippen LogP contribution in [0.25, 0.3) is 32.0 Å². The lowest BCUT2D eigenvalue weighted by atomic mass is 9.91. The summed E-state index contributed by atoms with van der Waals surface area (Å²) in [7, 11) is 6.29. The lowest BCUT2D eigenvalue weighted by Gasteiger charge is -2.33. The molecule has 4 heterocycles. The van der Waals surface area contributed by atoms with Gasteiger partial charge in [0.1, 0.15) is 11.1 Å². The van der Waals surface area contributed by atoms with Crippen LogP contribution in [0.4, 0.5) is 0 Å². The fourth-order valence-electron chi connectivity index (χ4n) is 6.10. The van der Waals surface area contributed by atoms with Gasteiger partial charge in [-0.2, -0.15) is 0 Å². The maximum absolute atomic E-state index is 13.6. The molecule has 0 radical (unpaired) electrons. The molecule has 3 aromatic rings. The largest absolute Gasteiger partial charge is 0.288 e. The van der Waals surface area contributed by atoms with E-state index < -0.39 is 23.6 Å². The van der Waals surface area contributed by atoms with Crippen LogP contribution in [0.2, 0.25) is 0 Å². The minimum atomic E-state index is -0.447. The van der Waals surface area contributed by atoms with Crippen molar-refractivity contribution in [3.05, 3.63) is 67.4 Å². The predicted octanol–water partition coefficient (Wildman–Crippen LogP) is 4.42. The van der Waals surface area contributed by atoms with Crippen LogP contribution in [0.5, 0.6) is 0 Å². The highest BCUT2D eigenvalue weighted by molar-refractivity contribution is 7.80. The molecule has 2 aliphatic carbocycles. The zero-order chi connectivity index (χ0) is 30.1. The van der Waals surface area contributed by atoms with Gasteiger partial charge in [0.05, 0.1) is 0 Å².